The molecule has 17 nitrogen and oxygen atoms in total. The van der Waals surface area contributed by atoms with Crippen LogP contribution in [0.4, 0.5) is 0 Å². The fourth-order valence-corrected chi connectivity index (χ4v) is 22.9. The third-order valence-electron chi connectivity index (χ3n) is 18.8. The van der Waals surface area contributed by atoms with Crippen molar-refractivity contribution >= 4 is 176 Å². The van der Waals surface area contributed by atoms with Gasteiger partial charge < -0.3 is 30.3 Å². The number of ketones is 2. The van der Waals surface area contributed by atoms with Crippen molar-refractivity contribution in [3.05, 3.63) is 176 Å². The average Bonchev–Trinajstić information content (AvgIpc) is 1.72. The predicted octanol–water partition coefficient (Wildman–Crippen LogP) is 20.1. The summed E-state index contributed by atoms with van der Waals surface area (Å²) >= 11 is 10.8. The number of hydrogen-bond acceptors (Lipinski definition) is 25. The van der Waals surface area contributed by atoms with E-state index in [4.69, 9.17) is 4.74 Å². The van der Waals surface area contributed by atoms with Gasteiger partial charge in [-0.25, -0.2) is 0 Å². The van der Waals surface area contributed by atoms with Crippen LogP contribution in [0, 0.1) is 5.92 Å². The fraction of sp³-hybridized carbons (Fsp3) is 0.494. The minimum atomic E-state index is -0.102. The molecular formula is C85H108N2O15S10. The van der Waals surface area contributed by atoms with Crippen LogP contribution in [0.3, 0.4) is 0 Å². The molecule has 0 aromatic heterocycles. The molecule has 0 bridgehead atoms. The van der Waals surface area contributed by atoms with Gasteiger partial charge in [0.15, 0.2) is 21.8 Å². The predicted molar refractivity (Wildman–Crippen MR) is 473 cm³/mol. The summed E-state index contributed by atoms with van der Waals surface area (Å²) < 4.78 is 5.01. The number of thioether (sulfide) groups is 8. The number of amides is 2. The van der Waals surface area contributed by atoms with E-state index < -0.39 is 0 Å². The van der Waals surface area contributed by atoms with Crippen molar-refractivity contribution in [2.45, 2.75) is 208 Å². The number of phenolic OH excluding ortho intramolecular Hbond substituents is 2. The van der Waals surface area contributed by atoms with Crippen LogP contribution < -0.4 is 5.32 Å². The first-order chi connectivity index (χ1) is 54.1. The summed E-state index contributed by atoms with van der Waals surface area (Å²) in [5, 5.41) is 32.3. The monoisotopic (exact) mass is 1720 g/mol. The average molecular weight is 1720 g/mol. The minimum Gasteiger partial charge on any atom is -0.508 e. The Hall–Kier alpha value is -5.33. The number of nitrogens with one attached hydrogen (secondary N) is 1. The Morgan fingerprint density at radius 3 is 1.54 bits per heavy atom. The van der Waals surface area contributed by atoms with Crippen molar-refractivity contribution in [2.24, 2.45) is 5.92 Å². The van der Waals surface area contributed by atoms with Crippen molar-refractivity contribution in [1.82, 2.24) is 10.2 Å². The smallest absolute Gasteiger partial charge is 0.298 e. The molecule has 608 valence electrons. The highest BCUT2D eigenvalue weighted by Crippen LogP contribution is 2.40. The summed E-state index contributed by atoms with van der Waals surface area (Å²) in [6.07, 6.45) is 26.7. The van der Waals surface area contributed by atoms with E-state index in [9.17, 15) is 68.1 Å². The lowest BCUT2D eigenvalue weighted by molar-refractivity contribution is -0.132. The van der Waals surface area contributed by atoms with Gasteiger partial charge in [0.1, 0.15) is 17.3 Å². The summed E-state index contributed by atoms with van der Waals surface area (Å²) in [5.41, 5.74) is 4.21. The van der Waals surface area contributed by atoms with Crippen LogP contribution >= 0.6 is 116 Å². The number of unbranched alkanes of at least 4 members (excludes halogenated alkanes) is 4. The molecular weight excluding hydrogens is 1610 g/mol. The minimum absolute atomic E-state index is 0.00858. The van der Waals surface area contributed by atoms with Gasteiger partial charge in [0.05, 0.1) is 0 Å². The second-order valence-corrected chi connectivity index (χ2v) is 39.7. The van der Waals surface area contributed by atoms with Crippen molar-refractivity contribution in [3.8, 4) is 11.5 Å². The van der Waals surface area contributed by atoms with Crippen molar-refractivity contribution in [3.63, 3.8) is 0 Å². The molecule has 2 amide bonds. The summed E-state index contributed by atoms with van der Waals surface area (Å²) in [7, 11) is 3.95. The number of aliphatic hydroxyl groups is 1. The van der Waals surface area contributed by atoms with Crippen LogP contribution in [0.15, 0.2) is 154 Å². The molecule has 112 heavy (non-hydrogen) atoms. The van der Waals surface area contributed by atoms with Gasteiger partial charge in [-0.05, 0) is 185 Å². The molecule has 2 saturated heterocycles. The van der Waals surface area contributed by atoms with E-state index in [1.807, 2.05) is 93.6 Å². The molecule has 4 aromatic rings. The van der Waals surface area contributed by atoms with Crippen LogP contribution in [0.1, 0.15) is 223 Å². The molecule has 4 N–H and O–H groups in total. The Morgan fingerprint density at radius 1 is 0.554 bits per heavy atom. The first-order valence-corrected chi connectivity index (χ1v) is 48.8. The lowest BCUT2D eigenvalue weighted by atomic mass is 10.0. The van der Waals surface area contributed by atoms with E-state index in [2.05, 4.69) is 12.2 Å². The second kappa shape index (κ2) is 54.6. The molecule has 8 rings (SSSR count). The molecule has 0 spiro atoms. The van der Waals surface area contributed by atoms with Crippen molar-refractivity contribution < 1.29 is 72.8 Å². The number of aliphatic hydroxyl groups excluding tert-OH is 1. The highest BCUT2D eigenvalue weighted by atomic mass is 33.1. The van der Waals surface area contributed by atoms with E-state index in [0.717, 1.165) is 92.7 Å². The van der Waals surface area contributed by atoms with Crippen LogP contribution in [-0.2, 0) is 38.3 Å². The summed E-state index contributed by atoms with van der Waals surface area (Å²) in [6, 6.07) is 30.9. The third kappa shape index (κ3) is 36.9. The Labute approximate surface area is 703 Å². The van der Waals surface area contributed by atoms with E-state index in [0.29, 0.717) is 151 Å². The van der Waals surface area contributed by atoms with Gasteiger partial charge in [0, 0.05) is 155 Å². The number of hydrogen-bond donors (Lipinski definition) is 4. The van der Waals surface area contributed by atoms with Crippen LogP contribution in [0.5, 0.6) is 11.5 Å². The zero-order valence-electron chi connectivity index (χ0n) is 64.8. The fourth-order valence-electron chi connectivity index (χ4n) is 12.9. The number of aromatic hydroxyl groups is 2. The van der Waals surface area contributed by atoms with Crippen LogP contribution in [-0.4, -0.2) is 156 Å². The maximum atomic E-state index is 13.4. The molecule has 6 unspecified atom stereocenters. The number of likely N-dealkylation sites (tertiary alicyclic amines) is 1. The first kappa shape index (κ1) is 95.5. The molecule has 6 atom stereocenters. The molecule has 27 heteroatoms. The van der Waals surface area contributed by atoms with E-state index in [1.165, 1.54) is 125 Å². The number of carbonyl (C=O) groups excluding carboxylic acids is 11. The molecule has 2 aliphatic heterocycles. The second-order valence-electron chi connectivity index (χ2n) is 27.6. The normalized spacial score (nSPS) is 16.7. The molecule has 0 radical (unpaired) electrons. The van der Waals surface area contributed by atoms with Crippen LogP contribution in [0.25, 0.3) is 0 Å². The summed E-state index contributed by atoms with van der Waals surface area (Å²) in [4.78, 5) is 140. The number of rotatable bonds is 45. The van der Waals surface area contributed by atoms with Gasteiger partial charge in [0.25, 0.3) is 6.47 Å². The highest BCUT2D eigenvalue weighted by Gasteiger charge is 2.33. The molecule has 4 aromatic carbocycles. The number of benzene rings is 4. The van der Waals surface area contributed by atoms with E-state index in [-0.39, 0.29) is 94.0 Å². The topological polar surface area (TPSA) is 273 Å². The first-order valence-electron chi connectivity index (χ1n) is 38.4. The molecule has 2 fully saturated rings. The van der Waals surface area contributed by atoms with Gasteiger partial charge in [-0.2, -0.15) is 0 Å². The van der Waals surface area contributed by atoms with E-state index >= 15 is 0 Å². The SMILES string of the molecule is CC(=O)SCCC(CCCCC(=O)N1CC(C)CC1CCO)SC(C)=O.CSC1=CC(NC(=O)CCCCC2CCCSS2)=C(C(=O)CCCCC(CCSC(=O)c2ccc(O)cc2)SC(=O)c2ccc(O)cc2)C1.CSC1=CC(OC=O)=C(C(=O)CCCCC(CCSC(=O)c2ccccc2)SC(=O)c2ccccc2)C1. The highest BCUT2D eigenvalue weighted by molar-refractivity contribution is 8.77. The Bertz CT molecular complexity index is 3830. The third-order valence-corrected chi connectivity index (χ3v) is 29.8. The van der Waals surface area contributed by atoms with Gasteiger partial charge in [-0.3, -0.25) is 52.7 Å². The molecule has 2 heterocycles. The van der Waals surface area contributed by atoms with Gasteiger partial charge in [-0.15, -0.1) is 23.5 Å². The molecule has 2 aliphatic carbocycles. The number of nitrogens with zero attached hydrogens (tertiary/aromatic N) is 1. The van der Waals surface area contributed by atoms with Crippen molar-refractivity contribution in [2.75, 3.05) is 48.7 Å². The van der Waals surface area contributed by atoms with Crippen molar-refractivity contribution in [1.29, 1.82) is 0 Å². The van der Waals surface area contributed by atoms with E-state index in [1.54, 1.807) is 68.1 Å². The summed E-state index contributed by atoms with van der Waals surface area (Å²) in [6.45, 7) is 6.58. The largest absolute Gasteiger partial charge is 0.508 e. The maximum Gasteiger partial charge on any atom is 0.298 e. The summed E-state index contributed by atoms with van der Waals surface area (Å²) in [5.74, 6) is 4.36. The Kier molecular flexibility index (Phi) is 46.5. The molecule has 0 saturated carbocycles. The Morgan fingerprint density at radius 2 is 1.04 bits per heavy atom. The molecule has 4 aliphatic rings. The Balaban J connectivity index is 0.000000275. The standard InChI is InChI=1S/C37H45NO6S5.C29H30O5S3.C19H33NO4S2/c1-45-31-23-32(33(24-31)38-35(42)11-5-3-8-30-9-6-21-47-49-30)34(41)10-4-2-7-29(48-37(44)26-14-18-28(40)19-15-26)20-22-46-36(43)25-12-16-27(39)17-13-25;1-35-24-18-25(27(19-24)34-20-30)26(31)15-9-8-14-23(37-29(33)22-12-6-3-7-13-22)16-17-36-28(32)21-10-4-2-5-11-21;1-14-12-17(8-10-21)20(13-14)19(24)7-5-4-6-18(26-16(3)23)9-11-25-15(2)22/h12-19,24,29-30,39-40H,2-11,20-23H2,1H3,(H,38,42);2-7,10-13,19-20,23H,8-9,14-18H2,1H3;14,17-18,21H,4-13H2,1-3H3. The number of ether oxygens (including phenoxy) is 1. The van der Waals surface area contributed by atoms with Gasteiger partial charge >= 0.3 is 0 Å². The lowest BCUT2D eigenvalue weighted by Gasteiger charge is -2.24. The zero-order chi connectivity index (χ0) is 81.0. The van der Waals surface area contributed by atoms with Crippen LogP contribution in [0.2, 0.25) is 0 Å². The van der Waals surface area contributed by atoms with Gasteiger partial charge in [0.2, 0.25) is 32.3 Å². The number of phenols is 2. The van der Waals surface area contributed by atoms with Gasteiger partial charge in [-0.1, -0.05) is 185 Å². The number of carbonyl (C=O) groups is 11. The number of Topliss-reactive ketones (excluding diaryl/α,β-unsaturated/α-hetero) is 2. The quantitative estimate of drug-likeness (QED) is 0.0182. The number of allylic oxidation sites excluding steroid dienone is 6. The lowest BCUT2D eigenvalue weighted by Crippen LogP contribution is -2.36. The maximum absolute atomic E-state index is 13.4. The zero-order valence-corrected chi connectivity index (χ0v) is 72.9.